The number of halogens is 1. The van der Waals surface area contributed by atoms with Crippen molar-refractivity contribution in [2.45, 2.75) is 19.3 Å². The molecule has 0 spiro atoms. The molecule has 2 rings (SSSR count). The molecule has 2 atom stereocenters. The first-order chi connectivity index (χ1) is 8.74. The van der Waals surface area contributed by atoms with Crippen molar-refractivity contribution in [1.29, 1.82) is 0 Å². The van der Waals surface area contributed by atoms with Gasteiger partial charge in [-0.2, -0.15) is 4.98 Å². The topological polar surface area (TPSA) is 73.1 Å². The normalized spacial score (nSPS) is 23.1. The van der Waals surface area contributed by atoms with Crippen molar-refractivity contribution >= 4 is 17.4 Å². The van der Waals surface area contributed by atoms with E-state index in [4.69, 9.17) is 22.1 Å². The minimum Gasteiger partial charge on any atom is -0.467 e. The zero-order valence-electron chi connectivity index (χ0n) is 10.5. The molecule has 1 fully saturated rings. The van der Waals surface area contributed by atoms with Gasteiger partial charge in [-0.25, -0.2) is 4.98 Å². The Hall–Kier alpha value is -1.07. The van der Waals surface area contributed by atoms with E-state index in [0.717, 1.165) is 13.1 Å². The molecule has 1 aliphatic rings. The van der Waals surface area contributed by atoms with E-state index >= 15 is 0 Å². The first-order valence-electron chi connectivity index (χ1n) is 6.25. The minimum atomic E-state index is 0.323. The molecule has 1 aromatic heterocycles. The predicted octanol–water partition coefficient (Wildman–Crippen LogP) is 1.93. The van der Waals surface area contributed by atoms with Gasteiger partial charge in [-0.15, -0.1) is 0 Å². The molecule has 1 aromatic rings. The number of aromatic nitrogens is 2. The Morgan fingerprint density at radius 3 is 3.00 bits per heavy atom. The third-order valence-corrected chi connectivity index (χ3v) is 3.83. The quantitative estimate of drug-likeness (QED) is 0.855. The lowest BCUT2D eigenvalue weighted by atomic mass is 9.96. The zero-order valence-corrected chi connectivity index (χ0v) is 11.3. The molecule has 1 saturated carbocycles. The fraction of sp³-hybridized carbons (Fsp3) is 0.667. The van der Waals surface area contributed by atoms with Gasteiger partial charge in [0.1, 0.15) is 5.02 Å². The van der Waals surface area contributed by atoms with Crippen LogP contribution in [0.1, 0.15) is 19.3 Å². The van der Waals surface area contributed by atoms with Crippen LogP contribution in [0.25, 0.3) is 0 Å². The van der Waals surface area contributed by atoms with Crippen molar-refractivity contribution in [3.63, 3.8) is 0 Å². The van der Waals surface area contributed by atoms with Gasteiger partial charge in [-0.3, -0.25) is 0 Å². The maximum absolute atomic E-state index is 6.04. The molecule has 0 amide bonds. The molecule has 3 N–H and O–H groups in total. The van der Waals surface area contributed by atoms with Crippen LogP contribution in [0, 0.1) is 11.8 Å². The number of hydrogen-bond acceptors (Lipinski definition) is 5. The van der Waals surface area contributed by atoms with Gasteiger partial charge in [-0.1, -0.05) is 18.0 Å². The molecule has 18 heavy (non-hydrogen) atoms. The fourth-order valence-corrected chi connectivity index (χ4v) is 2.65. The summed E-state index contributed by atoms with van der Waals surface area (Å²) in [4.78, 5) is 8.14. The van der Waals surface area contributed by atoms with Gasteiger partial charge < -0.3 is 15.8 Å². The van der Waals surface area contributed by atoms with Crippen LogP contribution in [0.15, 0.2) is 6.20 Å². The van der Waals surface area contributed by atoms with Crippen molar-refractivity contribution in [3.8, 4) is 6.01 Å². The van der Waals surface area contributed by atoms with Crippen molar-refractivity contribution in [2.24, 2.45) is 17.6 Å². The largest absolute Gasteiger partial charge is 0.467 e. The highest BCUT2D eigenvalue weighted by atomic mass is 35.5. The van der Waals surface area contributed by atoms with Crippen LogP contribution < -0.4 is 15.8 Å². The highest BCUT2D eigenvalue weighted by Gasteiger charge is 2.25. The lowest BCUT2D eigenvalue weighted by Gasteiger charge is -2.18. The number of nitrogens with two attached hydrogens (primary N) is 1. The maximum Gasteiger partial charge on any atom is 0.318 e. The molecule has 5 nitrogen and oxygen atoms in total. The highest BCUT2D eigenvalue weighted by molar-refractivity contribution is 6.32. The SMILES string of the molecule is COc1ncc(Cl)c(NCC2CCCC2CN)n1. The van der Waals surface area contributed by atoms with Crippen LogP contribution in [0.4, 0.5) is 5.82 Å². The Balaban J connectivity index is 1.97. The van der Waals surface area contributed by atoms with Crippen LogP contribution in [-0.2, 0) is 0 Å². The summed E-state index contributed by atoms with van der Waals surface area (Å²) >= 11 is 6.04. The van der Waals surface area contributed by atoms with E-state index in [9.17, 15) is 0 Å². The first kappa shape index (κ1) is 13.4. The Bertz CT molecular complexity index is 402. The smallest absolute Gasteiger partial charge is 0.318 e. The van der Waals surface area contributed by atoms with Crippen molar-refractivity contribution < 1.29 is 4.74 Å². The Labute approximate surface area is 112 Å². The van der Waals surface area contributed by atoms with E-state index in [2.05, 4.69) is 15.3 Å². The van der Waals surface area contributed by atoms with E-state index in [0.29, 0.717) is 28.7 Å². The number of ether oxygens (including phenoxy) is 1. The standard InChI is InChI=1S/C12H19ClN4O/c1-18-12-16-7-10(13)11(17-12)15-6-9-4-2-3-8(9)5-14/h7-9H,2-6,14H2,1H3,(H,15,16,17). The summed E-state index contributed by atoms with van der Waals surface area (Å²) in [6.45, 7) is 1.61. The summed E-state index contributed by atoms with van der Waals surface area (Å²) in [5, 5.41) is 3.79. The second kappa shape index (κ2) is 6.20. The lowest BCUT2D eigenvalue weighted by molar-refractivity contribution is 0.379. The van der Waals surface area contributed by atoms with Gasteiger partial charge in [0.2, 0.25) is 0 Å². The molecule has 1 aliphatic carbocycles. The van der Waals surface area contributed by atoms with Crippen molar-refractivity contribution in [1.82, 2.24) is 9.97 Å². The average Bonchev–Trinajstić information content (AvgIpc) is 2.85. The van der Waals surface area contributed by atoms with Crippen LogP contribution >= 0.6 is 11.6 Å². The monoisotopic (exact) mass is 270 g/mol. The number of rotatable bonds is 5. The average molecular weight is 271 g/mol. The summed E-state index contributed by atoms with van der Waals surface area (Å²) in [6, 6.07) is 0.323. The number of hydrogen-bond donors (Lipinski definition) is 2. The molecule has 0 saturated heterocycles. The molecular weight excluding hydrogens is 252 g/mol. The van der Waals surface area contributed by atoms with Gasteiger partial charge >= 0.3 is 6.01 Å². The highest BCUT2D eigenvalue weighted by Crippen LogP contribution is 2.31. The summed E-state index contributed by atoms with van der Waals surface area (Å²) in [6.07, 6.45) is 5.25. The van der Waals surface area contributed by atoms with Crippen LogP contribution in [-0.4, -0.2) is 30.2 Å². The minimum absolute atomic E-state index is 0.323. The van der Waals surface area contributed by atoms with E-state index in [1.807, 2.05) is 0 Å². The zero-order chi connectivity index (χ0) is 13.0. The van der Waals surface area contributed by atoms with Gasteiger partial charge in [0, 0.05) is 6.54 Å². The lowest BCUT2D eigenvalue weighted by Crippen LogP contribution is -2.24. The van der Waals surface area contributed by atoms with Crippen LogP contribution in [0.3, 0.4) is 0 Å². The van der Waals surface area contributed by atoms with E-state index in [1.165, 1.54) is 26.4 Å². The molecule has 2 unspecified atom stereocenters. The Morgan fingerprint density at radius 2 is 2.28 bits per heavy atom. The van der Waals surface area contributed by atoms with E-state index in [1.54, 1.807) is 6.20 Å². The Kier molecular flexibility index (Phi) is 4.60. The van der Waals surface area contributed by atoms with E-state index in [-0.39, 0.29) is 0 Å². The second-order valence-corrected chi connectivity index (χ2v) is 5.03. The van der Waals surface area contributed by atoms with Gasteiger partial charge in [0.25, 0.3) is 0 Å². The molecule has 100 valence electrons. The van der Waals surface area contributed by atoms with Crippen molar-refractivity contribution in [2.75, 3.05) is 25.5 Å². The number of anilines is 1. The number of nitrogens with zero attached hydrogens (tertiary/aromatic N) is 2. The molecule has 0 bridgehead atoms. The summed E-state index contributed by atoms with van der Waals surface area (Å²) in [5.74, 6) is 1.85. The Morgan fingerprint density at radius 1 is 1.50 bits per heavy atom. The summed E-state index contributed by atoms with van der Waals surface area (Å²) in [7, 11) is 1.54. The molecule has 1 heterocycles. The van der Waals surface area contributed by atoms with Gasteiger partial charge in [0.15, 0.2) is 5.82 Å². The third kappa shape index (κ3) is 3.03. The fourth-order valence-electron chi connectivity index (χ4n) is 2.49. The molecule has 0 radical (unpaired) electrons. The van der Waals surface area contributed by atoms with Gasteiger partial charge in [0.05, 0.1) is 13.3 Å². The van der Waals surface area contributed by atoms with Crippen molar-refractivity contribution in [3.05, 3.63) is 11.2 Å². The molecule has 6 heteroatoms. The summed E-state index contributed by atoms with van der Waals surface area (Å²) in [5.41, 5.74) is 5.77. The summed E-state index contributed by atoms with van der Waals surface area (Å²) < 4.78 is 4.98. The van der Waals surface area contributed by atoms with Crippen LogP contribution in [0.2, 0.25) is 5.02 Å². The predicted molar refractivity (Wildman–Crippen MR) is 72.0 cm³/mol. The second-order valence-electron chi connectivity index (χ2n) is 4.62. The molecule has 0 aliphatic heterocycles. The maximum atomic E-state index is 6.04. The first-order valence-corrected chi connectivity index (χ1v) is 6.63. The van der Waals surface area contributed by atoms with Gasteiger partial charge in [-0.05, 0) is 31.2 Å². The molecular formula is C12H19ClN4O. The van der Waals surface area contributed by atoms with Crippen LogP contribution in [0.5, 0.6) is 6.01 Å². The van der Waals surface area contributed by atoms with E-state index < -0.39 is 0 Å². The number of nitrogens with one attached hydrogen (secondary N) is 1. The molecule has 0 aromatic carbocycles. The number of methoxy groups -OCH3 is 1. The third-order valence-electron chi connectivity index (χ3n) is 3.56.